The van der Waals surface area contributed by atoms with Crippen molar-refractivity contribution in [2.45, 2.75) is 26.9 Å². The zero-order valence-corrected chi connectivity index (χ0v) is 24.6. The molecule has 4 aromatic rings. The topological polar surface area (TPSA) is 65.7 Å². The molecule has 0 amide bonds. The number of halogens is 5. The third kappa shape index (κ3) is 6.36. The lowest BCUT2D eigenvalue weighted by atomic mass is 9.99. The van der Waals surface area contributed by atoms with E-state index in [4.69, 9.17) is 9.47 Å². The van der Waals surface area contributed by atoms with Crippen LogP contribution in [0.1, 0.15) is 31.9 Å². The lowest BCUT2D eigenvalue weighted by Gasteiger charge is -2.21. The highest BCUT2D eigenvalue weighted by Gasteiger charge is 2.31. The van der Waals surface area contributed by atoms with Crippen molar-refractivity contribution in [1.82, 2.24) is 9.66 Å². The molecule has 4 rings (SSSR count). The van der Waals surface area contributed by atoms with Crippen LogP contribution in [0.3, 0.4) is 0 Å². The predicted molar refractivity (Wildman–Crippen MR) is 153 cm³/mol. The fourth-order valence-corrected chi connectivity index (χ4v) is 4.58. The van der Waals surface area contributed by atoms with E-state index in [1.807, 2.05) is 20.8 Å². The maximum atomic E-state index is 13.5. The average molecular weight is 667 g/mol. The van der Waals surface area contributed by atoms with Crippen molar-refractivity contribution in [1.29, 1.82) is 0 Å². The standard InChI is InChI=1S/C28H24Br2F3N3O3/c1-27(2,3)15-39-24-21(38-4)13-17(22(29)23(24)30)14-34-36-25(16-8-7-9-18(12-16)28(31,32)33)35-20-11-6-5-10-19(20)26(36)37/h5-14H,15H2,1-4H3. The first kappa shape index (κ1) is 28.8. The summed E-state index contributed by atoms with van der Waals surface area (Å²) in [5.74, 6) is 0.886. The maximum Gasteiger partial charge on any atom is 0.416 e. The van der Waals surface area contributed by atoms with Crippen molar-refractivity contribution in [2.24, 2.45) is 10.5 Å². The van der Waals surface area contributed by atoms with Crippen LogP contribution in [-0.4, -0.2) is 29.6 Å². The van der Waals surface area contributed by atoms with Gasteiger partial charge in [0.2, 0.25) is 0 Å². The van der Waals surface area contributed by atoms with Crippen LogP contribution in [0.4, 0.5) is 13.2 Å². The number of fused-ring (bicyclic) bond motifs is 1. The van der Waals surface area contributed by atoms with Crippen molar-refractivity contribution in [3.63, 3.8) is 0 Å². The van der Waals surface area contributed by atoms with Gasteiger partial charge in [0.05, 0.1) is 40.9 Å². The van der Waals surface area contributed by atoms with Crippen LogP contribution in [0.2, 0.25) is 0 Å². The van der Waals surface area contributed by atoms with Gasteiger partial charge < -0.3 is 9.47 Å². The monoisotopic (exact) mass is 665 g/mol. The Hall–Kier alpha value is -3.18. The van der Waals surface area contributed by atoms with Gasteiger partial charge in [-0.15, -0.1) is 0 Å². The number of hydrogen-bond acceptors (Lipinski definition) is 5. The Morgan fingerprint density at radius 1 is 1.03 bits per heavy atom. The van der Waals surface area contributed by atoms with E-state index in [0.29, 0.717) is 38.1 Å². The number of methoxy groups -OCH3 is 1. The third-order valence-corrected chi connectivity index (χ3v) is 7.68. The fraction of sp³-hybridized carbons (Fsp3) is 0.250. The molecule has 11 heteroatoms. The first-order valence-corrected chi connectivity index (χ1v) is 13.3. The summed E-state index contributed by atoms with van der Waals surface area (Å²) < 4.78 is 54.0. The minimum atomic E-state index is -4.56. The lowest BCUT2D eigenvalue weighted by Crippen LogP contribution is -2.20. The van der Waals surface area contributed by atoms with Gasteiger partial charge in [-0.3, -0.25) is 4.79 Å². The van der Waals surface area contributed by atoms with Crippen molar-refractivity contribution < 1.29 is 22.6 Å². The Labute approximate surface area is 239 Å². The largest absolute Gasteiger partial charge is 0.493 e. The second-order valence-corrected chi connectivity index (χ2v) is 11.5. The molecule has 204 valence electrons. The van der Waals surface area contributed by atoms with Crippen molar-refractivity contribution >= 4 is 49.0 Å². The Morgan fingerprint density at radius 2 is 1.74 bits per heavy atom. The SMILES string of the molecule is COc1cc(C=Nn2c(-c3cccc(C(F)(F)F)c3)nc3ccccc3c2=O)c(Br)c(Br)c1OCC(C)(C)C. The van der Waals surface area contributed by atoms with Crippen molar-refractivity contribution in [2.75, 3.05) is 13.7 Å². The number of nitrogens with zero attached hydrogens (tertiary/aromatic N) is 3. The molecule has 6 nitrogen and oxygen atoms in total. The molecule has 0 aliphatic carbocycles. The van der Waals surface area contributed by atoms with E-state index in [-0.39, 0.29) is 22.2 Å². The quantitative estimate of drug-likeness (QED) is 0.196. The highest BCUT2D eigenvalue weighted by Crippen LogP contribution is 2.43. The van der Waals surface area contributed by atoms with Gasteiger partial charge in [0.15, 0.2) is 17.3 Å². The van der Waals surface area contributed by atoms with Crippen LogP contribution >= 0.6 is 31.9 Å². The molecule has 1 heterocycles. The summed E-state index contributed by atoms with van der Waals surface area (Å²) in [6, 6.07) is 12.9. The molecule has 0 aliphatic rings. The summed E-state index contributed by atoms with van der Waals surface area (Å²) in [7, 11) is 1.50. The minimum absolute atomic E-state index is 0.0340. The van der Waals surface area contributed by atoms with Crippen LogP contribution in [-0.2, 0) is 6.18 Å². The molecule has 0 bridgehead atoms. The van der Waals surface area contributed by atoms with Gasteiger partial charge in [0, 0.05) is 15.6 Å². The summed E-state index contributed by atoms with van der Waals surface area (Å²) >= 11 is 7.08. The Morgan fingerprint density at radius 3 is 2.41 bits per heavy atom. The molecule has 0 N–H and O–H groups in total. The van der Waals surface area contributed by atoms with Crippen molar-refractivity contribution in [3.05, 3.63) is 85.0 Å². The number of alkyl halides is 3. The summed E-state index contributed by atoms with van der Waals surface area (Å²) in [6.07, 6.45) is -3.16. The molecule has 1 aromatic heterocycles. The van der Waals surface area contributed by atoms with Gasteiger partial charge in [0.1, 0.15) is 0 Å². The molecule has 0 unspecified atom stereocenters. The molecular formula is C28H24Br2F3N3O3. The van der Waals surface area contributed by atoms with Gasteiger partial charge in [0.25, 0.3) is 5.56 Å². The van der Waals surface area contributed by atoms with E-state index in [2.05, 4.69) is 41.9 Å². The van der Waals surface area contributed by atoms with Gasteiger partial charge in [-0.25, -0.2) is 4.98 Å². The second-order valence-electron chi connectivity index (χ2n) is 9.87. The summed E-state index contributed by atoms with van der Waals surface area (Å²) in [5, 5.41) is 4.65. The van der Waals surface area contributed by atoms with E-state index in [9.17, 15) is 18.0 Å². The predicted octanol–water partition coefficient (Wildman–Crippen LogP) is 7.92. The Kier molecular flexibility index (Phi) is 8.22. The number of aromatic nitrogens is 2. The van der Waals surface area contributed by atoms with Crippen LogP contribution in [0.5, 0.6) is 11.5 Å². The zero-order valence-electron chi connectivity index (χ0n) is 21.4. The molecular weight excluding hydrogens is 643 g/mol. The average Bonchev–Trinajstić information content (AvgIpc) is 2.88. The zero-order chi connectivity index (χ0) is 28.5. The normalized spacial score (nSPS) is 12.3. The van der Waals surface area contributed by atoms with E-state index in [1.165, 1.54) is 25.5 Å². The molecule has 0 radical (unpaired) electrons. The molecule has 0 fully saturated rings. The molecule has 0 aliphatic heterocycles. The molecule has 0 atom stereocenters. The number of benzene rings is 3. The highest BCUT2D eigenvalue weighted by atomic mass is 79.9. The van der Waals surface area contributed by atoms with Gasteiger partial charge >= 0.3 is 6.18 Å². The summed E-state index contributed by atoms with van der Waals surface area (Å²) in [6.45, 7) is 6.56. The summed E-state index contributed by atoms with van der Waals surface area (Å²) in [4.78, 5) is 17.9. The van der Waals surface area contributed by atoms with Crippen LogP contribution < -0.4 is 15.0 Å². The van der Waals surface area contributed by atoms with Crippen LogP contribution in [0.25, 0.3) is 22.3 Å². The maximum absolute atomic E-state index is 13.5. The molecule has 0 spiro atoms. The lowest BCUT2D eigenvalue weighted by molar-refractivity contribution is -0.137. The van der Waals surface area contributed by atoms with Crippen molar-refractivity contribution in [3.8, 4) is 22.9 Å². The van der Waals surface area contributed by atoms with Crippen LogP contribution in [0.15, 0.2) is 73.4 Å². The van der Waals surface area contributed by atoms with Gasteiger partial charge in [-0.2, -0.15) is 22.9 Å². The number of hydrogen-bond donors (Lipinski definition) is 0. The smallest absolute Gasteiger partial charge is 0.416 e. The van der Waals surface area contributed by atoms with Crippen LogP contribution in [0, 0.1) is 5.41 Å². The highest BCUT2D eigenvalue weighted by molar-refractivity contribution is 9.13. The molecule has 0 saturated carbocycles. The van der Waals surface area contributed by atoms with E-state index < -0.39 is 17.3 Å². The summed E-state index contributed by atoms with van der Waals surface area (Å²) in [5.41, 5.74) is -0.532. The first-order valence-electron chi connectivity index (χ1n) is 11.7. The van der Waals surface area contributed by atoms with Gasteiger partial charge in [-0.05, 0) is 67.6 Å². The number of rotatable bonds is 6. The number of ether oxygens (including phenoxy) is 2. The van der Waals surface area contributed by atoms with E-state index in [0.717, 1.165) is 16.8 Å². The minimum Gasteiger partial charge on any atom is -0.493 e. The molecule has 3 aromatic carbocycles. The second kappa shape index (κ2) is 11.1. The first-order chi connectivity index (χ1) is 18.3. The molecule has 39 heavy (non-hydrogen) atoms. The molecule has 0 saturated heterocycles. The van der Waals surface area contributed by atoms with E-state index >= 15 is 0 Å². The Balaban J connectivity index is 1.87. The third-order valence-electron chi connectivity index (χ3n) is 5.54. The van der Waals surface area contributed by atoms with Gasteiger partial charge in [-0.1, -0.05) is 45.0 Å². The number of para-hydroxylation sites is 1. The van der Waals surface area contributed by atoms with E-state index in [1.54, 1.807) is 30.3 Å². The Bertz CT molecular complexity index is 1630. The fourth-order valence-electron chi connectivity index (χ4n) is 3.65.